The number of ether oxygens (including phenoxy) is 2. The Morgan fingerprint density at radius 2 is 2.00 bits per heavy atom. The van der Waals surface area contributed by atoms with Gasteiger partial charge in [0.25, 0.3) is 0 Å². The second-order valence-electron chi connectivity index (χ2n) is 4.05. The predicted octanol–water partition coefficient (Wildman–Crippen LogP) is 2.58. The van der Waals surface area contributed by atoms with Crippen LogP contribution >= 0.6 is 0 Å². The topological polar surface area (TPSA) is 67.2 Å². The van der Waals surface area contributed by atoms with Crippen LogP contribution in [0.2, 0.25) is 0 Å². The van der Waals surface area contributed by atoms with E-state index in [1.165, 1.54) is 0 Å². The summed E-state index contributed by atoms with van der Waals surface area (Å²) in [6.45, 7) is 0.570. The minimum atomic E-state index is 0.382. The Hall–Kier alpha value is -2.74. The van der Waals surface area contributed by atoms with E-state index in [-0.39, 0.29) is 0 Å². The Kier molecular flexibility index (Phi) is 4.40. The molecule has 0 bridgehead atoms. The molecule has 5 nitrogen and oxygen atoms in total. The summed E-state index contributed by atoms with van der Waals surface area (Å²) in [6.07, 6.45) is 1.60. The second kappa shape index (κ2) is 6.43. The van der Waals surface area contributed by atoms with Gasteiger partial charge in [0.1, 0.15) is 6.07 Å². The van der Waals surface area contributed by atoms with Crippen LogP contribution in [-0.4, -0.2) is 19.2 Å². The van der Waals surface area contributed by atoms with E-state index in [4.69, 9.17) is 14.7 Å². The maximum atomic E-state index is 8.98. The molecule has 0 spiro atoms. The van der Waals surface area contributed by atoms with Gasteiger partial charge in [-0.05, 0) is 29.8 Å². The van der Waals surface area contributed by atoms with Crippen LogP contribution in [-0.2, 0) is 6.54 Å². The van der Waals surface area contributed by atoms with E-state index >= 15 is 0 Å². The molecule has 1 heterocycles. The average molecular weight is 269 g/mol. The van der Waals surface area contributed by atoms with Gasteiger partial charge in [0.2, 0.25) is 0 Å². The minimum absolute atomic E-state index is 0.382. The number of nitriles is 1. The third-order valence-electron chi connectivity index (χ3n) is 2.84. The van der Waals surface area contributed by atoms with E-state index in [2.05, 4.69) is 16.4 Å². The lowest BCUT2D eigenvalue weighted by molar-refractivity contribution is 0.354. The number of aromatic nitrogens is 1. The molecule has 0 amide bonds. The van der Waals surface area contributed by atoms with Crippen LogP contribution in [0, 0.1) is 11.3 Å². The summed E-state index contributed by atoms with van der Waals surface area (Å²) in [5.41, 5.74) is 2.12. The van der Waals surface area contributed by atoms with Crippen molar-refractivity contribution in [2.75, 3.05) is 19.5 Å². The number of nitrogens with zero attached hydrogens (tertiary/aromatic N) is 2. The molecule has 0 saturated carbocycles. The molecule has 0 saturated heterocycles. The first-order chi connectivity index (χ1) is 9.78. The van der Waals surface area contributed by atoms with E-state index in [0.29, 0.717) is 29.4 Å². The second-order valence-corrected chi connectivity index (χ2v) is 4.05. The van der Waals surface area contributed by atoms with Crippen LogP contribution in [0.25, 0.3) is 0 Å². The van der Waals surface area contributed by atoms with E-state index in [0.717, 1.165) is 5.56 Å². The van der Waals surface area contributed by atoms with E-state index in [1.54, 1.807) is 26.5 Å². The molecule has 1 aromatic heterocycles. The number of methoxy groups -OCH3 is 2. The van der Waals surface area contributed by atoms with Crippen molar-refractivity contribution in [3.05, 3.63) is 47.8 Å². The van der Waals surface area contributed by atoms with Crippen molar-refractivity contribution < 1.29 is 9.47 Å². The maximum absolute atomic E-state index is 8.98. The molecule has 0 radical (unpaired) electrons. The molecule has 0 aliphatic rings. The number of pyridine rings is 1. The minimum Gasteiger partial charge on any atom is -0.493 e. The van der Waals surface area contributed by atoms with Crippen molar-refractivity contribution in [3.8, 4) is 17.6 Å². The van der Waals surface area contributed by atoms with Gasteiger partial charge < -0.3 is 14.8 Å². The van der Waals surface area contributed by atoms with Crippen molar-refractivity contribution in [2.45, 2.75) is 6.54 Å². The Bertz CT molecular complexity index is 635. The molecule has 2 rings (SSSR count). The molecular formula is C15H15N3O2. The van der Waals surface area contributed by atoms with E-state index in [9.17, 15) is 0 Å². The zero-order valence-electron chi connectivity index (χ0n) is 11.4. The summed E-state index contributed by atoms with van der Waals surface area (Å²) < 4.78 is 10.4. The van der Waals surface area contributed by atoms with Crippen LogP contribution in [0.5, 0.6) is 11.5 Å². The van der Waals surface area contributed by atoms with Gasteiger partial charge in [-0.1, -0.05) is 6.07 Å². The quantitative estimate of drug-likeness (QED) is 0.903. The monoisotopic (exact) mass is 269 g/mol. The normalized spacial score (nSPS) is 9.65. The Morgan fingerprint density at radius 3 is 2.70 bits per heavy atom. The summed E-state index contributed by atoms with van der Waals surface area (Å²) in [6, 6.07) is 11.4. The molecule has 0 unspecified atom stereocenters. The maximum Gasteiger partial charge on any atom is 0.163 e. The third-order valence-corrected chi connectivity index (χ3v) is 2.84. The summed E-state index contributed by atoms with van der Waals surface area (Å²) in [5, 5.41) is 12.2. The fourth-order valence-corrected chi connectivity index (χ4v) is 1.82. The number of nitrogens with one attached hydrogen (secondary N) is 1. The summed E-state index contributed by atoms with van der Waals surface area (Å²) in [7, 11) is 3.20. The molecule has 5 heteroatoms. The van der Waals surface area contributed by atoms with Crippen LogP contribution in [0.15, 0.2) is 36.5 Å². The van der Waals surface area contributed by atoms with Crippen LogP contribution in [0.3, 0.4) is 0 Å². The van der Waals surface area contributed by atoms with Gasteiger partial charge in [-0.25, -0.2) is 4.98 Å². The lowest BCUT2D eigenvalue weighted by atomic mass is 10.2. The first kappa shape index (κ1) is 13.7. The molecule has 1 aromatic carbocycles. The van der Waals surface area contributed by atoms with Crippen LogP contribution in [0.4, 0.5) is 5.69 Å². The molecule has 0 aliphatic carbocycles. The lowest BCUT2D eigenvalue weighted by Crippen LogP contribution is -2.03. The fraction of sp³-hybridized carbons (Fsp3) is 0.200. The van der Waals surface area contributed by atoms with Gasteiger partial charge in [0.05, 0.1) is 19.9 Å². The van der Waals surface area contributed by atoms with Gasteiger partial charge >= 0.3 is 0 Å². The highest BCUT2D eigenvalue weighted by atomic mass is 16.5. The molecule has 1 N–H and O–H groups in total. The van der Waals surface area contributed by atoms with Gasteiger partial charge in [0, 0.05) is 12.7 Å². The van der Waals surface area contributed by atoms with Crippen molar-refractivity contribution in [2.24, 2.45) is 0 Å². The molecule has 20 heavy (non-hydrogen) atoms. The number of benzene rings is 1. The summed E-state index contributed by atoms with van der Waals surface area (Å²) in [4.78, 5) is 4.00. The molecule has 0 aliphatic heterocycles. The molecule has 2 aromatic rings. The first-order valence-electron chi connectivity index (χ1n) is 6.08. The summed E-state index contributed by atoms with van der Waals surface area (Å²) in [5.74, 6) is 1.37. The fourth-order valence-electron chi connectivity index (χ4n) is 1.82. The molecular weight excluding hydrogens is 254 g/mol. The number of hydrogen-bond donors (Lipinski definition) is 1. The molecule has 0 fully saturated rings. The van der Waals surface area contributed by atoms with E-state index in [1.807, 2.05) is 24.3 Å². The average Bonchev–Trinajstić information content (AvgIpc) is 2.52. The predicted molar refractivity (Wildman–Crippen MR) is 75.8 cm³/mol. The van der Waals surface area contributed by atoms with Gasteiger partial charge in [-0.2, -0.15) is 5.26 Å². The van der Waals surface area contributed by atoms with Gasteiger partial charge in [0.15, 0.2) is 17.2 Å². The third kappa shape index (κ3) is 2.98. The zero-order chi connectivity index (χ0) is 14.4. The van der Waals surface area contributed by atoms with Gasteiger partial charge in [-0.15, -0.1) is 0 Å². The highest BCUT2D eigenvalue weighted by molar-refractivity contribution is 5.54. The molecule has 102 valence electrons. The number of hydrogen-bond acceptors (Lipinski definition) is 5. The Labute approximate surface area is 117 Å². The lowest BCUT2D eigenvalue weighted by Gasteiger charge is -2.11. The van der Waals surface area contributed by atoms with E-state index < -0.39 is 0 Å². The SMILES string of the molecule is COc1ccc(CNc2cccnc2C#N)cc1OC. The standard InChI is InChI=1S/C15H15N3O2/c1-19-14-6-5-11(8-15(14)20-2)10-18-12-4-3-7-17-13(12)9-16/h3-8,18H,10H2,1-2H3. The largest absolute Gasteiger partial charge is 0.493 e. The number of rotatable bonds is 5. The summed E-state index contributed by atoms with van der Waals surface area (Å²) >= 11 is 0. The highest BCUT2D eigenvalue weighted by Gasteiger charge is 2.06. The van der Waals surface area contributed by atoms with Crippen molar-refractivity contribution in [1.82, 2.24) is 4.98 Å². The van der Waals surface area contributed by atoms with Crippen LogP contribution < -0.4 is 14.8 Å². The van der Waals surface area contributed by atoms with Crippen molar-refractivity contribution in [1.29, 1.82) is 5.26 Å². The Balaban J connectivity index is 2.13. The van der Waals surface area contributed by atoms with Crippen LogP contribution in [0.1, 0.15) is 11.3 Å². The zero-order valence-corrected chi connectivity index (χ0v) is 11.4. The van der Waals surface area contributed by atoms with Gasteiger partial charge in [-0.3, -0.25) is 0 Å². The van der Waals surface area contributed by atoms with Crippen molar-refractivity contribution in [3.63, 3.8) is 0 Å². The highest BCUT2D eigenvalue weighted by Crippen LogP contribution is 2.27. The Morgan fingerprint density at radius 1 is 1.20 bits per heavy atom. The number of anilines is 1. The first-order valence-corrected chi connectivity index (χ1v) is 6.08. The molecule has 0 atom stereocenters. The smallest absolute Gasteiger partial charge is 0.163 e. The van der Waals surface area contributed by atoms with Crippen molar-refractivity contribution >= 4 is 5.69 Å².